The summed E-state index contributed by atoms with van der Waals surface area (Å²) in [5.41, 5.74) is 16.6. The van der Waals surface area contributed by atoms with E-state index in [4.69, 9.17) is 86.3 Å². The molecule has 2 aliphatic carbocycles. The molecule has 4 aromatic rings. The number of urea groups is 1. The number of nitrogens with one attached hydrogen (secondary N) is 3. The number of hydrogen-bond acceptors (Lipinski definition) is 16. The molecule has 1 unspecified atom stereocenters. The summed E-state index contributed by atoms with van der Waals surface area (Å²) in [4.78, 5) is 29.6. The zero-order valence-corrected chi connectivity index (χ0v) is 53.3. The van der Waals surface area contributed by atoms with Crippen LogP contribution in [0.5, 0.6) is 11.5 Å². The highest BCUT2D eigenvalue weighted by atomic mass is 35.5. The average molecular weight is 1310 g/mol. The normalized spacial score (nSPS) is 20.8. The van der Waals surface area contributed by atoms with Gasteiger partial charge in [0, 0.05) is 102 Å². The summed E-state index contributed by atoms with van der Waals surface area (Å²) in [7, 11) is -7.36. The first-order chi connectivity index (χ1) is 41.4. The smallest absolute Gasteiger partial charge is 0.314 e. The number of likely N-dealkylation sites (tertiary alicyclic amines) is 2. The number of rotatable bonds is 35. The lowest BCUT2D eigenvalue weighted by molar-refractivity contribution is -0.119. The highest BCUT2D eigenvalue weighted by Gasteiger charge is 2.42. The van der Waals surface area contributed by atoms with Crippen molar-refractivity contribution in [2.75, 3.05) is 104 Å². The van der Waals surface area contributed by atoms with E-state index in [1.54, 1.807) is 48.5 Å². The molecular formula is C61H83Cl4N7O12S2. The Balaban J connectivity index is 0.581. The van der Waals surface area contributed by atoms with Crippen LogP contribution in [0, 0.1) is 0 Å². The first-order valence-corrected chi connectivity index (χ1v) is 34.6. The Morgan fingerprint density at radius 1 is 0.547 bits per heavy atom. The number of hydrogen-bond donors (Lipinski definition) is 5. The van der Waals surface area contributed by atoms with Crippen molar-refractivity contribution in [3.05, 3.63) is 115 Å². The highest BCUT2D eigenvalue weighted by molar-refractivity contribution is 7.91. The summed E-state index contributed by atoms with van der Waals surface area (Å²) in [6.07, 6.45) is 8.74. The van der Waals surface area contributed by atoms with E-state index in [9.17, 15) is 26.4 Å². The molecule has 0 saturated carbocycles. The SMILES string of the molecule is NC1CCCN([C@H]2Cc3c(Cl)cc(Cl)cc3[C@@H]2Oc2ccc(S(=O)(=O)CCCOCCOCCNC(=O)NCCCCCC(=O)CCCOCCOCCNS(=O)(=O)c3ccc(O[C@H]4c5cc(Cl)cc(Cl)c5C[C@@H]4N4CCC[C@@H](N)C4)cc3)cc2)C1. The van der Waals surface area contributed by atoms with Gasteiger partial charge in [-0.3, -0.25) is 14.6 Å². The van der Waals surface area contributed by atoms with Gasteiger partial charge >= 0.3 is 6.03 Å². The second-order valence-electron chi connectivity index (χ2n) is 22.4. The van der Waals surface area contributed by atoms with E-state index in [-0.39, 0.29) is 103 Å². The standard InChI is InChI=1S/C61H83Cl4N7O12S2/c62-42-34-53-51(55(64)36-42)38-57(71-23-4-8-44(66)40-71)59(53)83-47-12-16-49(17-13-47)85(75,76)33-7-26-80-30-31-81-27-21-69-61(74)68-20-3-1-2-10-46(73)11-6-25-79-29-32-82-28-22-70-86(77,78)50-18-14-48(15-19-50)84-60-54-35-43(63)37-56(65)52(54)39-58(60)72-24-5-9-45(67)41-72/h12-19,34-37,44-45,57-60,70H,1-11,20-33,38-41,66-67H2,(H2,68,69,74)/t44?,45-,57+,58+,59+,60+/m1/s1. The molecule has 8 rings (SSSR count). The number of halogens is 4. The van der Waals surface area contributed by atoms with Gasteiger partial charge in [0.25, 0.3) is 0 Å². The first-order valence-electron chi connectivity index (χ1n) is 30.0. The topological polar surface area (TPSA) is 252 Å². The van der Waals surface area contributed by atoms with Crippen molar-refractivity contribution in [2.45, 2.75) is 130 Å². The molecule has 25 heteroatoms. The Kier molecular flexibility index (Phi) is 26.7. The number of benzene rings is 4. The van der Waals surface area contributed by atoms with Gasteiger partial charge in [-0.15, -0.1) is 0 Å². The lowest BCUT2D eigenvalue weighted by atomic mass is 10.0. The number of fused-ring (bicyclic) bond motifs is 2. The molecule has 2 heterocycles. The summed E-state index contributed by atoms with van der Waals surface area (Å²) in [5.74, 6) is 1.16. The molecule has 2 saturated heterocycles. The van der Waals surface area contributed by atoms with Crippen LogP contribution in [0.4, 0.5) is 4.79 Å². The van der Waals surface area contributed by atoms with Gasteiger partial charge in [-0.25, -0.2) is 26.4 Å². The minimum Gasteiger partial charge on any atom is -0.484 e. The predicted octanol–water partition coefficient (Wildman–Crippen LogP) is 8.65. The van der Waals surface area contributed by atoms with Crippen LogP contribution < -0.4 is 36.3 Å². The molecule has 86 heavy (non-hydrogen) atoms. The fourth-order valence-electron chi connectivity index (χ4n) is 11.6. The third-order valence-corrected chi connectivity index (χ3v) is 20.4. The molecule has 0 spiro atoms. The minimum absolute atomic E-state index is 0.0108. The molecule has 4 aromatic carbocycles. The molecule has 7 N–H and O–H groups in total. The molecule has 2 fully saturated rings. The summed E-state index contributed by atoms with van der Waals surface area (Å²) >= 11 is 26.1. The first kappa shape index (κ1) is 68.0. The minimum atomic E-state index is -3.80. The number of ether oxygens (including phenoxy) is 6. The number of piperidine rings is 2. The number of carbonyl (C=O) groups excluding carboxylic acids is 2. The summed E-state index contributed by atoms with van der Waals surface area (Å²) < 4.78 is 90.4. The van der Waals surface area contributed by atoms with Crippen LogP contribution in [0.1, 0.15) is 105 Å². The Morgan fingerprint density at radius 2 is 1.02 bits per heavy atom. The van der Waals surface area contributed by atoms with Crippen LogP contribution >= 0.6 is 46.4 Å². The second kappa shape index (κ2) is 33.8. The highest BCUT2D eigenvalue weighted by Crippen LogP contribution is 2.45. The molecular weight excluding hydrogens is 1230 g/mol. The fourth-order valence-corrected chi connectivity index (χ4v) is 15.1. The van der Waals surface area contributed by atoms with E-state index in [2.05, 4.69) is 25.2 Å². The van der Waals surface area contributed by atoms with Crippen LogP contribution in [-0.4, -0.2) is 167 Å². The maximum atomic E-state index is 13.2. The number of unbranched alkanes of at least 4 members (excludes halogenated alkanes) is 2. The van der Waals surface area contributed by atoms with Crippen molar-refractivity contribution >= 4 is 78.1 Å². The molecule has 19 nitrogen and oxygen atoms in total. The maximum absolute atomic E-state index is 13.2. The average Bonchev–Trinajstić information content (AvgIpc) is 2.22. The van der Waals surface area contributed by atoms with Crippen LogP contribution in [0.25, 0.3) is 0 Å². The summed E-state index contributed by atoms with van der Waals surface area (Å²) in [6.45, 7) is 6.48. The number of carbonyl (C=O) groups is 2. The van der Waals surface area contributed by atoms with Crippen molar-refractivity contribution in [2.24, 2.45) is 11.5 Å². The molecule has 474 valence electrons. The number of sulfone groups is 1. The van der Waals surface area contributed by atoms with Gasteiger partial charge in [-0.05, 0) is 161 Å². The Hall–Kier alpha value is -3.88. The zero-order chi connectivity index (χ0) is 61.1. The maximum Gasteiger partial charge on any atom is 0.314 e. The van der Waals surface area contributed by atoms with Crippen molar-refractivity contribution in [3.63, 3.8) is 0 Å². The van der Waals surface area contributed by atoms with Gasteiger partial charge in [0.05, 0.1) is 67.3 Å². The van der Waals surface area contributed by atoms with Crippen molar-refractivity contribution in [1.29, 1.82) is 0 Å². The van der Waals surface area contributed by atoms with Crippen molar-refractivity contribution in [3.8, 4) is 11.5 Å². The third-order valence-electron chi connectivity index (χ3n) is 16.0. The summed E-state index contributed by atoms with van der Waals surface area (Å²) in [6, 6.07) is 20.1. The van der Waals surface area contributed by atoms with Gasteiger partial charge in [-0.1, -0.05) is 52.8 Å². The molecule has 0 bridgehead atoms. The molecule has 4 aliphatic rings. The number of amides is 2. The number of nitrogens with zero attached hydrogens (tertiary/aromatic N) is 2. The van der Waals surface area contributed by atoms with Gasteiger partial charge in [0.15, 0.2) is 9.84 Å². The number of Topliss-reactive ketones (excluding diaryl/α,β-unsaturated/α-hetero) is 1. The molecule has 2 amide bonds. The van der Waals surface area contributed by atoms with Crippen LogP contribution in [0.2, 0.25) is 20.1 Å². The predicted molar refractivity (Wildman–Crippen MR) is 334 cm³/mol. The van der Waals surface area contributed by atoms with E-state index in [1.165, 1.54) is 12.1 Å². The summed E-state index contributed by atoms with van der Waals surface area (Å²) in [5, 5.41) is 7.84. The van der Waals surface area contributed by atoms with E-state index in [0.717, 1.165) is 93.4 Å². The molecule has 0 aromatic heterocycles. The van der Waals surface area contributed by atoms with E-state index >= 15 is 0 Å². The fraction of sp³-hybridized carbons (Fsp3) is 0.574. The number of nitrogens with two attached hydrogens (primary N) is 2. The van der Waals surface area contributed by atoms with Crippen LogP contribution in [0.3, 0.4) is 0 Å². The van der Waals surface area contributed by atoms with Gasteiger partial charge in [0.2, 0.25) is 10.0 Å². The van der Waals surface area contributed by atoms with E-state index < -0.39 is 19.9 Å². The Morgan fingerprint density at radius 3 is 1.56 bits per heavy atom. The number of ketones is 1. The Labute approximate surface area is 527 Å². The third kappa shape index (κ3) is 20.3. The van der Waals surface area contributed by atoms with Crippen LogP contribution in [0.15, 0.2) is 82.6 Å². The van der Waals surface area contributed by atoms with Crippen molar-refractivity contribution < 1.29 is 54.8 Å². The molecule has 6 atom stereocenters. The van der Waals surface area contributed by atoms with E-state index in [0.29, 0.717) is 103 Å². The molecule has 0 radical (unpaired) electrons. The van der Waals surface area contributed by atoms with Gasteiger partial charge < -0.3 is 50.5 Å². The largest absolute Gasteiger partial charge is 0.484 e. The molecule has 2 aliphatic heterocycles. The second-order valence-corrected chi connectivity index (χ2v) is 28.0. The lowest BCUT2D eigenvalue weighted by Crippen LogP contribution is -2.49. The Bertz CT molecular complexity index is 2860. The quantitative estimate of drug-likeness (QED) is 0.0270. The monoisotopic (exact) mass is 1310 g/mol. The van der Waals surface area contributed by atoms with Gasteiger partial charge in [0.1, 0.15) is 29.5 Å². The lowest BCUT2D eigenvalue weighted by Gasteiger charge is -2.38. The van der Waals surface area contributed by atoms with Crippen molar-refractivity contribution in [1.82, 2.24) is 25.2 Å². The van der Waals surface area contributed by atoms with Gasteiger partial charge in [-0.2, -0.15) is 0 Å². The van der Waals surface area contributed by atoms with Crippen LogP contribution in [-0.2, 0) is 56.4 Å². The van der Waals surface area contributed by atoms with E-state index in [1.807, 2.05) is 12.1 Å². The number of sulfonamides is 1. The zero-order valence-electron chi connectivity index (χ0n) is 48.7.